The van der Waals surface area contributed by atoms with E-state index < -0.39 is 0 Å². The molecule has 1 fully saturated rings. The lowest BCUT2D eigenvalue weighted by atomic mass is 10.2. The predicted molar refractivity (Wildman–Crippen MR) is 119 cm³/mol. The summed E-state index contributed by atoms with van der Waals surface area (Å²) in [4.78, 5) is 14.1. The summed E-state index contributed by atoms with van der Waals surface area (Å²) in [7, 11) is 0. The lowest BCUT2D eigenvalue weighted by Gasteiger charge is -2.14. The van der Waals surface area contributed by atoms with Crippen LogP contribution in [0.1, 0.15) is 12.0 Å². The van der Waals surface area contributed by atoms with Gasteiger partial charge < -0.3 is 16.0 Å². The number of hydrogen-bond donors (Lipinski definition) is 3. The minimum Gasteiger partial charge on any atom is -0.366 e. The Kier molecular flexibility index (Phi) is 5.06. The van der Waals surface area contributed by atoms with Crippen molar-refractivity contribution in [2.45, 2.75) is 19.0 Å². The van der Waals surface area contributed by atoms with Crippen LogP contribution in [0.4, 0.5) is 11.6 Å². The maximum atomic E-state index is 4.87. The summed E-state index contributed by atoms with van der Waals surface area (Å²) in [6, 6.07) is 16.7. The van der Waals surface area contributed by atoms with Crippen molar-refractivity contribution < 1.29 is 0 Å². The second kappa shape index (κ2) is 8.14. The minimum atomic E-state index is 0.406. The topological polar surface area (TPSA) is 74.8 Å². The van der Waals surface area contributed by atoms with Crippen molar-refractivity contribution >= 4 is 33.2 Å². The SMILES string of the molecule is c1ccc(CNc2cc(-c3nc(NC4CCNC4)c4sccc4n3)ccn2)cc1. The molecule has 7 heteroatoms. The lowest BCUT2D eigenvalue weighted by molar-refractivity contribution is 0.789. The van der Waals surface area contributed by atoms with Crippen LogP contribution < -0.4 is 16.0 Å². The smallest absolute Gasteiger partial charge is 0.162 e. The fraction of sp³-hybridized carbons (Fsp3) is 0.227. The Labute approximate surface area is 173 Å². The fourth-order valence-corrected chi connectivity index (χ4v) is 4.30. The van der Waals surface area contributed by atoms with Gasteiger partial charge in [-0.05, 0) is 42.1 Å². The molecule has 1 aliphatic rings. The Morgan fingerprint density at radius 2 is 2.03 bits per heavy atom. The molecule has 0 radical (unpaired) electrons. The summed E-state index contributed by atoms with van der Waals surface area (Å²) >= 11 is 1.68. The Balaban J connectivity index is 1.42. The second-order valence-electron chi connectivity index (χ2n) is 7.13. The van der Waals surface area contributed by atoms with Crippen molar-refractivity contribution in [3.05, 3.63) is 65.7 Å². The van der Waals surface area contributed by atoms with E-state index in [1.54, 1.807) is 17.5 Å². The number of aromatic nitrogens is 3. The van der Waals surface area contributed by atoms with E-state index in [2.05, 4.69) is 44.5 Å². The van der Waals surface area contributed by atoms with Crippen molar-refractivity contribution in [3.8, 4) is 11.4 Å². The molecular weight excluding hydrogens is 380 g/mol. The normalized spacial score (nSPS) is 16.2. The van der Waals surface area contributed by atoms with Crippen molar-refractivity contribution in [1.82, 2.24) is 20.3 Å². The molecule has 1 aliphatic heterocycles. The molecular formula is C22H22N6S. The van der Waals surface area contributed by atoms with Crippen LogP contribution in [0.5, 0.6) is 0 Å². The van der Waals surface area contributed by atoms with Gasteiger partial charge in [-0.3, -0.25) is 0 Å². The van der Waals surface area contributed by atoms with E-state index in [0.29, 0.717) is 6.04 Å². The summed E-state index contributed by atoms with van der Waals surface area (Å²) in [6.07, 6.45) is 2.91. The van der Waals surface area contributed by atoms with E-state index in [1.807, 2.05) is 30.3 Å². The van der Waals surface area contributed by atoms with Gasteiger partial charge in [0, 0.05) is 30.9 Å². The molecule has 1 saturated heterocycles. The Morgan fingerprint density at radius 3 is 2.90 bits per heavy atom. The first-order chi connectivity index (χ1) is 14.3. The molecule has 0 bridgehead atoms. The largest absolute Gasteiger partial charge is 0.366 e. The third kappa shape index (κ3) is 4.06. The van der Waals surface area contributed by atoms with Crippen molar-refractivity contribution in [2.24, 2.45) is 0 Å². The summed E-state index contributed by atoms with van der Waals surface area (Å²) in [6.45, 7) is 2.74. The van der Waals surface area contributed by atoms with Crippen LogP contribution in [-0.2, 0) is 6.54 Å². The van der Waals surface area contributed by atoms with E-state index in [-0.39, 0.29) is 0 Å². The molecule has 1 unspecified atom stereocenters. The molecule has 0 amide bonds. The molecule has 0 spiro atoms. The first kappa shape index (κ1) is 18.0. The molecule has 3 N–H and O–H groups in total. The van der Waals surface area contributed by atoms with Crippen LogP contribution in [0.2, 0.25) is 0 Å². The van der Waals surface area contributed by atoms with Crippen molar-refractivity contribution in [2.75, 3.05) is 23.7 Å². The average Bonchev–Trinajstić information content (AvgIpc) is 3.45. The highest BCUT2D eigenvalue weighted by Crippen LogP contribution is 2.30. The quantitative estimate of drug-likeness (QED) is 0.450. The van der Waals surface area contributed by atoms with Gasteiger partial charge in [-0.1, -0.05) is 30.3 Å². The third-order valence-corrected chi connectivity index (χ3v) is 5.95. The van der Waals surface area contributed by atoms with Crippen LogP contribution in [0, 0.1) is 0 Å². The number of nitrogens with one attached hydrogen (secondary N) is 3. The average molecular weight is 403 g/mol. The molecule has 0 aliphatic carbocycles. The summed E-state index contributed by atoms with van der Waals surface area (Å²) in [5.74, 6) is 2.45. The summed E-state index contributed by atoms with van der Waals surface area (Å²) in [5, 5.41) is 12.5. The number of hydrogen-bond acceptors (Lipinski definition) is 7. The number of thiophene rings is 1. The first-order valence-electron chi connectivity index (χ1n) is 9.82. The zero-order valence-corrected chi connectivity index (χ0v) is 16.7. The molecule has 146 valence electrons. The van der Waals surface area contributed by atoms with Crippen LogP contribution in [0.25, 0.3) is 21.6 Å². The van der Waals surface area contributed by atoms with E-state index in [4.69, 9.17) is 9.97 Å². The molecule has 5 rings (SSSR count). The number of anilines is 2. The van der Waals surface area contributed by atoms with Gasteiger partial charge in [0.1, 0.15) is 11.6 Å². The molecule has 4 heterocycles. The Morgan fingerprint density at radius 1 is 1.10 bits per heavy atom. The van der Waals surface area contributed by atoms with Gasteiger partial charge in [0.25, 0.3) is 0 Å². The molecule has 3 aromatic heterocycles. The van der Waals surface area contributed by atoms with Crippen LogP contribution in [0.3, 0.4) is 0 Å². The molecule has 4 aromatic rings. The van der Waals surface area contributed by atoms with Gasteiger partial charge in [-0.15, -0.1) is 11.3 Å². The monoisotopic (exact) mass is 402 g/mol. The molecule has 6 nitrogen and oxygen atoms in total. The maximum absolute atomic E-state index is 4.87. The highest BCUT2D eigenvalue weighted by atomic mass is 32.1. The van der Waals surface area contributed by atoms with Crippen LogP contribution in [-0.4, -0.2) is 34.1 Å². The second-order valence-corrected chi connectivity index (χ2v) is 8.05. The van der Waals surface area contributed by atoms with Gasteiger partial charge in [0.2, 0.25) is 0 Å². The number of nitrogens with zero attached hydrogens (tertiary/aromatic N) is 3. The number of pyridine rings is 1. The maximum Gasteiger partial charge on any atom is 0.162 e. The number of fused-ring (bicyclic) bond motifs is 1. The van der Waals surface area contributed by atoms with E-state index in [9.17, 15) is 0 Å². The van der Waals surface area contributed by atoms with Gasteiger partial charge in [0.15, 0.2) is 5.82 Å². The van der Waals surface area contributed by atoms with E-state index in [0.717, 1.165) is 59.3 Å². The third-order valence-electron chi connectivity index (χ3n) is 5.04. The van der Waals surface area contributed by atoms with Crippen molar-refractivity contribution in [1.29, 1.82) is 0 Å². The van der Waals surface area contributed by atoms with Crippen LogP contribution >= 0.6 is 11.3 Å². The molecule has 0 saturated carbocycles. The first-order valence-corrected chi connectivity index (χ1v) is 10.7. The molecule has 1 atom stereocenters. The Bertz CT molecular complexity index is 1100. The Hall–Kier alpha value is -3.03. The van der Waals surface area contributed by atoms with E-state index >= 15 is 0 Å². The summed E-state index contributed by atoms with van der Waals surface area (Å²) in [5.41, 5.74) is 3.15. The van der Waals surface area contributed by atoms with Crippen LogP contribution in [0.15, 0.2) is 60.1 Å². The minimum absolute atomic E-state index is 0.406. The number of benzene rings is 1. The molecule has 29 heavy (non-hydrogen) atoms. The highest BCUT2D eigenvalue weighted by Gasteiger charge is 2.18. The standard InChI is InChI=1S/C22H22N6S/c1-2-4-15(5-3-1)13-25-19-12-16(6-10-24-19)21-27-18-8-11-29-20(18)22(28-21)26-17-7-9-23-14-17/h1-6,8,10-12,17,23H,7,9,13-14H2,(H,24,25)(H,26,27,28). The van der Waals surface area contributed by atoms with Gasteiger partial charge in [-0.2, -0.15) is 0 Å². The molecule has 1 aromatic carbocycles. The zero-order valence-electron chi connectivity index (χ0n) is 15.9. The summed E-state index contributed by atoms with van der Waals surface area (Å²) < 4.78 is 1.11. The lowest BCUT2D eigenvalue weighted by Crippen LogP contribution is -2.22. The fourth-order valence-electron chi connectivity index (χ4n) is 3.52. The van der Waals surface area contributed by atoms with E-state index in [1.165, 1.54) is 5.56 Å². The predicted octanol–water partition coefficient (Wildman–Crippen LogP) is 4.14. The zero-order chi connectivity index (χ0) is 19.5. The van der Waals surface area contributed by atoms with Gasteiger partial charge in [0.05, 0.1) is 10.2 Å². The van der Waals surface area contributed by atoms with Gasteiger partial charge >= 0.3 is 0 Å². The van der Waals surface area contributed by atoms with Gasteiger partial charge in [-0.25, -0.2) is 15.0 Å². The van der Waals surface area contributed by atoms with Crippen molar-refractivity contribution in [3.63, 3.8) is 0 Å². The highest BCUT2D eigenvalue weighted by molar-refractivity contribution is 7.17. The number of rotatable bonds is 6.